The number of ether oxygens (including phenoxy) is 2. The number of benzene rings is 1. The molecule has 2 N–H and O–H groups in total. The van der Waals surface area contributed by atoms with Crippen LogP contribution in [0.1, 0.15) is 79.2 Å². The fourth-order valence-electron chi connectivity index (χ4n) is 8.40. The minimum Gasteiger partial charge on any atom is -0.479 e. The molecule has 0 amide bonds. The first-order chi connectivity index (χ1) is 19.7. The van der Waals surface area contributed by atoms with Gasteiger partial charge in [-0.05, 0) is 68.4 Å². The molecule has 5 rings (SSSR count). The number of Topliss-reactive ketones (excluding diaryl/α,β-unsaturated/α-hetero) is 1. The van der Waals surface area contributed by atoms with Crippen molar-refractivity contribution >= 4 is 30.5 Å². The molecule has 11 heteroatoms. The Morgan fingerprint density at radius 3 is 2.74 bits per heavy atom. The van der Waals surface area contributed by atoms with Crippen LogP contribution in [-0.2, 0) is 30.4 Å². The summed E-state index contributed by atoms with van der Waals surface area (Å²) in [5, 5.41) is 26.1. The third-order valence-electron chi connectivity index (χ3n) is 11.0. The molecule has 2 bridgehead atoms. The van der Waals surface area contributed by atoms with Crippen LogP contribution in [0.25, 0.3) is 0 Å². The zero-order valence-corrected chi connectivity index (χ0v) is 25.4. The van der Waals surface area contributed by atoms with Crippen LogP contribution in [0.2, 0.25) is 0 Å². The fourth-order valence-corrected chi connectivity index (χ4v) is 8.40. The Morgan fingerprint density at radius 1 is 1.29 bits per heavy atom. The summed E-state index contributed by atoms with van der Waals surface area (Å²) in [7, 11) is -1.39. The van der Waals surface area contributed by atoms with Crippen LogP contribution < -0.4 is 10.2 Å². The van der Waals surface area contributed by atoms with E-state index in [2.05, 4.69) is 12.1 Å². The molecule has 0 unspecified atom stereocenters. The molecular weight excluding hydrogens is 544 g/mol. The molecule has 0 saturated heterocycles. The number of fused-ring (bicyclic) bond motifs is 1. The van der Waals surface area contributed by atoms with Crippen LogP contribution >= 0.6 is 0 Å². The minimum atomic E-state index is -1.39. The quantitative estimate of drug-likeness (QED) is 0.215. The predicted octanol–water partition coefficient (Wildman–Crippen LogP) is 3.55. The fraction of sp³-hybridized carbons (Fsp3) is 0.710. The second kappa shape index (κ2) is 11.2. The SMILES string of the molecule is CC(C)O/N=C/[C@]1(C)C[C@@H](OC(=O)COc2ccc3c(c2F)B(O)OC3)[C@]2(C)[C@H](C)CC[C@]3(CCC(=O)[C@H]32)[C@@H](C)[C@@H]1O. The summed E-state index contributed by atoms with van der Waals surface area (Å²) in [5.41, 5.74) is -1.54. The number of rotatable bonds is 7. The summed E-state index contributed by atoms with van der Waals surface area (Å²) in [6.07, 6.45) is 2.83. The maximum absolute atomic E-state index is 15.0. The van der Waals surface area contributed by atoms with Gasteiger partial charge in [0, 0.05) is 28.6 Å². The Labute approximate surface area is 247 Å². The van der Waals surface area contributed by atoms with Gasteiger partial charge in [-0.3, -0.25) is 4.79 Å². The average molecular weight is 587 g/mol. The van der Waals surface area contributed by atoms with E-state index in [-0.39, 0.29) is 53.9 Å². The van der Waals surface area contributed by atoms with Gasteiger partial charge in [0.25, 0.3) is 0 Å². The van der Waals surface area contributed by atoms with Gasteiger partial charge in [0.15, 0.2) is 18.2 Å². The normalized spacial score (nSPS) is 37.8. The Kier molecular flexibility index (Phi) is 8.26. The molecule has 1 aliphatic heterocycles. The van der Waals surface area contributed by atoms with E-state index in [0.29, 0.717) is 18.4 Å². The van der Waals surface area contributed by atoms with Gasteiger partial charge in [-0.1, -0.05) is 38.9 Å². The number of aliphatic hydroxyl groups excluding tert-OH is 1. The molecule has 8 atom stereocenters. The summed E-state index contributed by atoms with van der Waals surface area (Å²) in [5.74, 6) is -2.05. The average Bonchev–Trinajstić information content (AvgIpc) is 3.49. The Morgan fingerprint density at radius 2 is 2.02 bits per heavy atom. The molecule has 9 nitrogen and oxygen atoms in total. The molecule has 0 spiro atoms. The van der Waals surface area contributed by atoms with Crippen molar-refractivity contribution in [2.45, 2.75) is 98.6 Å². The maximum Gasteiger partial charge on any atom is 0.494 e. The predicted molar refractivity (Wildman–Crippen MR) is 153 cm³/mol. The van der Waals surface area contributed by atoms with E-state index < -0.39 is 54.0 Å². The number of halogens is 1. The molecule has 1 heterocycles. The van der Waals surface area contributed by atoms with Gasteiger partial charge in [0.05, 0.1) is 18.9 Å². The number of carbonyl (C=O) groups excluding carboxylic acids is 2. The van der Waals surface area contributed by atoms with Gasteiger partial charge < -0.3 is 29.1 Å². The summed E-state index contributed by atoms with van der Waals surface area (Å²) in [4.78, 5) is 32.5. The van der Waals surface area contributed by atoms with Crippen molar-refractivity contribution in [3.05, 3.63) is 23.5 Å². The zero-order chi connectivity index (χ0) is 30.6. The van der Waals surface area contributed by atoms with E-state index >= 15 is 4.39 Å². The molecule has 230 valence electrons. The molecule has 3 aliphatic carbocycles. The first-order valence-electron chi connectivity index (χ1n) is 15.1. The largest absolute Gasteiger partial charge is 0.494 e. The van der Waals surface area contributed by atoms with Crippen LogP contribution in [0.5, 0.6) is 5.75 Å². The van der Waals surface area contributed by atoms with Crippen molar-refractivity contribution in [2.75, 3.05) is 6.61 Å². The maximum atomic E-state index is 15.0. The molecular formula is C31H43BFNO8. The van der Waals surface area contributed by atoms with Gasteiger partial charge in [0.2, 0.25) is 0 Å². The lowest BCUT2D eigenvalue weighted by Crippen LogP contribution is -2.63. The highest BCUT2D eigenvalue weighted by Gasteiger charge is 2.68. The zero-order valence-electron chi connectivity index (χ0n) is 25.4. The number of nitrogens with zero attached hydrogens (tertiary/aromatic N) is 1. The lowest BCUT2D eigenvalue weighted by molar-refractivity contribution is -0.205. The smallest absolute Gasteiger partial charge is 0.479 e. The van der Waals surface area contributed by atoms with Gasteiger partial charge in [-0.25, -0.2) is 9.18 Å². The molecule has 3 saturated carbocycles. The highest BCUT2D eigenvalue weighted by Crippen LogP contribution is 2.67. The molecule has 1 aromatic rings. The number of oxime groups is 1. The van der Waals surface area contributed by atoms with E-state index in [9.17, 15) is 19.7 Å². The van der Waals surface area contributed by atoms with Crippen molar-refractivity contribution in [1.82, 2.24) is 0 Å². The molecule has 3 fully saturated rings. The van der Waals surface area contributed by atoms with Gasteiger partial charge in [0.1, 0.15) is 18.0 Å². The lowest BCUT2D eigenvalue weighted by Gasteiger charge is -2.61. The highest BCUT2D eigenvalue weighted by molar-refractivity contribution is 6.61. The van der Waals surface area contributed by atoms with E-state index in [1.54, 1.807) is 12.3 Å². The Hall–Kier alpha value is -2.50. The number of ketones is 1. The number of esters is 1. The summed E-state index contributed by atoms with van der Waals surface area (Å²) < 4.78 is 31.9. The second-order valence-corrected chi connectivity index (χ2v) is 13.7. The molecule has 0 aromatic heterocycles. The summed E-state index contributed by atoms with van der Waals surface area (Å²) in [6.45, 7) is 11.3. The Bertz CT molecular complexity index is 1260. The van der Waals surface area contributed by atoms with Crippen LogP contribution in [0.3, 0.4) is 0 Å². The standard InChI is InChI=1S/C31H43BFNO8/c1-17(2)42-34-16-29(5)13-23(41-24(36)15-39-22-8-7-20-14-40-32(38)25(20)26(22)33)30(6)18(3)9-11-31(19(4)28(29)37)12-10-21(35)27(30)31/h7-8,16-19,23,27-28,37-38H,9-15H2,1-6H3/b34-16+/t18-,19+,23-,27+,28+,29+,30+,31+/m1/s1. The van der Waals surface area contributed by atoms with Crippen molar-refractivity contribution in [3.63, 3.8) is 0 Å². The number of carbonyl (C=O) groups is 2. The third-order valence-corrected chi connectivity index (χ3v) is 11.0. The number of hydrogen-bond donors (Lipinski definition) is 2. The van der Waals surface area contributed by atoms with Crippen molar-refractivity contribution in [3.8, 4) is 5.75 Å². The van der Waals surface area contributed by atoms with Crippen LogP contribution in [0.4, 0.5) is 4.39 Å². The van der Waals surface area contributed by atoms with Crippen LogP contribution in [0.15, 0.2) is 17.3 Å². The molecule has 42 heavy (non-hydrogen) atoms. The monoisotopic (exact) mass is 587 g/mol. The molecule has 4 aliphatic rings. The first-order valence-corrected chi connectivity index (χ1v) is 15.1. The topological polar surface area (TPSA) is 124 Å². The van der Waals surface area contributed by atoms with Crippen molar-refractivity contribution in [1.29, 1.82) is 0 Å². The molecule has 0 radical (unpaired) electrons. The van der Waals surface area contributed by atoms with Crippen molar-refractivity contribution in [2.24, 2.45) is 39.2 Å². The van der Waals surface area contributed by atoms with Crippen LogP contribution in [0, 0.1) is 39.8 Å². The second-order valence-electron chi connectivity index (χ2n) is 13.7. The third kappa shape index (κ3) is 4.95. The number of hydrogen-bond acceptors (Lipinski definition) is 9. The van der Waals surface area contributed by atoms with E-state index in [4.69, 9.17) is 19.0 Å². The van der Waals surface area contributed by atoms with Gasteiger partial charge in [-0.15, -0.1) is 0 Å². The molecule has 1 aromatic carbocycles. The summed E-state index contributed by atoms with van der Waals surface area (Å²) in [6, 6.07) is 2.99. The summed E-state index contributed by atoms with van der Waals surface area (Å²) >= 11 is 0. The van der Waals surface area contributed by atoms with Crippen molar-refractivity contribution < 1.29 is 43.1 Å². The highest BCUT2D eigenvalue weighted by atomic mass is 19.1. The van der Waals surface area contributed by atoms with Crippen LogP contribution in [-0.4, -0.2) is 60.1 Å². The van der Waals surface area contributed by atoms with E-state index in [1.165, 1.54) is 6.07 Å². The van der Waals surface area contributed by atoms with E-state index in [1.807, 2.05) is 34.6 Å². The van der Waals surface area contributed by atoms with E-state index in [0.717, 1.165) is 12.8 Å². The first kappa shape index (κ1) is 30.9. The van der Waals surface area contributed by atoms with Gasteiger partial charge >= 0.3 is 13.1 Å². The lowest BCUT2D eigenvalue weighted by atomic mass is 9.44. The minimum absolute atomic E-state index is 0.00212. The van der Waals surface area contributed by atoms with Gasteiger partial charge in [-0.2, -0.15) is 0 Å². The number of aliphatic hydroxyl groups is 1. The Balaban J connectivity index is 1.47.